The average molecular weight is 390 g/mol. The van der Waals surface area contributed by atoms with Gasteiger partial charge in [-0.15, -0.1) is 11.3 Å². The molecule has 1 aromatic carbocycles. The van der Waals surface area contributed by atoms with Gasteiger partial charge in [-0.1, -0.05) is 23.9 Å². The van der Waals surface area contributed by atoms with Crippen molar-refractivity contribution in [1.82, 2.24) is 15.2 Å². The number of likely N-dealkylation sites (tertiary alicyclic amines) is 1. The molecule has 2 aliphatic rings. The Labute approximate surface area is 161 Å². The largest absolute Gasteiger partial charge is 0.356 e. The molecule has 0 spiro atoms. The second kappa shape index (κ2) is 7.96. The quantitative estimate of drug-likeness (QED) is 0.771. The van der Waals surface area contributed by atoms with Crippen LogP contribution in [0.1, 0.15) is 25.7 Å². The van der Waals surface area contributed by atoms with Crippen molar-refractivity contribution in [3.05, 3.63) is 24.3 Å². The number of aromatic nitrogens is 1. The van der Waals surface area contributed by atoms with Crippen molar-refractivity contribution >= 4 is 45.1 Å². The first kappa shape index (κ1) is 17.8. The number of benzene rings is 1. The fourth-order valence-corrected chi connectivity index (χ4v) is 5.23. The number of amides is 2. The lowest BCUT2D eigenvalue weighted by Crippen LogP contribution is -2.46. The van der Waals surface area contributed by atoms with Crippen LogP contribution in [-0.4, -0.2) is 47.1 Å². The van der Waals surface area contributed by atoms with Crippen LogP contribution in [0, 0.1) is 11.8 Å². The van der Waals surface area contributed by atoms with Crippen molar-refractivity contribution in [3.8, 4) is 0 Å². The molecule has 1 saturated carbocycles. The fourth-order valence-electron chi connectivity index (χ4n) is 3.26. The third-order valence-electron chi connectivity index (χ3n) is 5.00. The molecule has 1 aliphatic heterocycles. The number of fused-ring (bicyclic) bond motifs is 1. The van der Waals surface area contributed by atoms with E-state index < -0.39 is 0 Å². The summed E-state index contributed by atoms with van der Waals surface area (Å²) < 4.78 is 2.07. The Balaban J connectivity index is 1.28. The topological polar surface area (TPSA) is 62.3 Å². The molecule has 1 aliphatic carbocycles. The maximum absolute atomic E-state index is 12.6. The highest BCUT2D eigenvalue weighted by Gasteiger charge is 2.29. The van der Waals surface area contributed by atoms with Gasteiger partial charge in [-0.25, -0.2) is 4.98 Å². The molecule has 1 saturated heterocycles. The van der Waals surface area contributed by atoms with Gasteiger partial charge in [-0.05, 0) is 43.7 Å². The van der Waals surface area contributed by atoms with E-state index in [2.05, 4.69) is 10.3 Å². The van der Waals surface area contributed by atoms with Crippen LogP contribution in [0.25, 0.3) is 10.2 Å². The normalized spacial score (nSPS) is 20.3. The van der Waals surface area contributed by atoms with Gasteiger partial charge >= 0.3 is 0 Å². The molecule has 1 aromatic heterocycles. The number of rotatable bonds is 6. The van der Waals surface area contributed by atoms with E-state index in [0.29, 0.717) is 18.2 Å². The van der Waals surface area contributed by atoms with E-state index in [1.165, 1.54) is 24.6 Å². The molecule has 5 nitrogen and oxygen atoms in total. The Morgan fingerprint density at radius 1 is 1.27 bits per heavy atom. The summed E-state index contributed by atoms with van der Waals surface area (Å²) in [7, 11) is 0. The second-order valence-electron chi connectivity index (χ2n) is 7.10. The lowest BCUT2D eigenvalue weighted by Gasteiger charge is -2.32. The number of hydrogen-bond acceptors (Lipinski definition) is 5. The van der Waals surface area contributed by atoms with Gasteiger partial charge in [0.05, 0.1) is 21.9 Å². The molecule has 26 heavy (non-hydrogen) atoms. The van der Waals surface area contributed by atoms with Crippen LogP contribution in [-0.2, 0) is 9.59 Å². The van der Waals surface area contributed by atoms with Crippen LogP contribution >= 0.6 is 23.1 Å². The van der Waals surface area contributed by atoms with Gasteiger partial charge in [0, 0.05) is 19.6 Å². The molecule has 7 heteroatoms. The summed E-state index contributed by atoms with van der Waals surface area (Å²) in [5, 5.41) is 3.06. The summed E-state index contributed by atoms with van der Waals surface area (Å²) in [4.78, 5) is 31.3. The summed E-state index contributed by atoms with van der Waals surface area (Å²) in [5.41, 5.74) is 0.984. The SMILES string of the molecule is O=C(NCC1CC1)C1CCCN(C(=O)CSc2nc3ccccc3s2)C1. The van der Waals surface area contributed by atoms with Crippen LogP contribution in [0.2, 0.25) is 0 Å². The Hall–Kier alpha value is -1.60. The van der Waals surface area contributed by atoms with Gasteiger partial charge in [0.15, 0.2) is 4.34 Å². The first-order valence-electron chi connectivity index (χ1n) is 9.23. The zero-order chi connectivity index (χ0) is 17.9. The molecule has 2 heterocycles. The minimum atomic E-state index is -0.0566. The van der Waals surface area contributed by atoms with Gasteiger partial charge in [0.25, 0.3) is 0 Å². The van der Waals surface area contributed by atoms with E-state index in [4.69, 9.17) is 0 Å². The molecule has 1 unspecified atom stereocenters. The van der Waals surface area contributed by atoms with Crippen molar-refractivity contribution in [2.45, 2.75) is 30.0 Å². The van der Waals surface area contributed by atoms with Crippen molar-refractivity contribution < 1.29 is 9.59 Å². The van der Waals surface area contributed by atoms with E-state index in [1.807, 2.05) is 29.2 Å². The van der Waals surface area contributed by atoms with E-state index in [-0.39, 0.29) is 17.7 Å². The molecule has 2 aromatic rings. The molecule has 0 bridgehead atoms. The summed E-state index contributed by atoms with van der Waals surface area (Å²) in [6.07, 6.45) is 4.25. The van der Waals surface area contributed by atoms with Crippen LogP contribution in [0.5, 0.6) is 0 Å². The third-order valence-corrected chi connectivity index (χ3v) is 7.16. The van der Waals surface area contributed by atoms with E-state index in [0.717, 1.165) is 40.5 Å². The molecular weight excluding hydrogens is 366 g/mol. The predicted molar refractivity (Wildman–Crippen MR) is 105 cm³/mol. The van der Waals surface area contributed by atoms with Crippen LogP contribution < -0.4 is 5.32 Å². The third kappa shape index (κ3) is 4.38. The van der Waals surface area contributed by atoms with Crippen molar-refractivity contribution in [2.24, 2.45) is 11.8 Å². The summed E-state index contributed by atoms with van der Waals surface area (Å²) in [6, 6.07) is 8.02. The molecule has 1 N–H and O–H groups in total. The Bertz CT molecular complexity index is 770. The minimum Gasteiger partial charge on any atom is -0.356 e. The molecular formula is C19H23N3O2S2. The van der Waals surface area contributed by atoms with Crippen molar-refractivity contribution in [1.29, 1.82) is 0 Å². The predicted octanol–water partition coefficient (Wildman–Crippen LogP) is 3.15. The standard InChI is InChI=1S/C19H23N3O2S2/c23-17(12-25-19-21-15-5-1-2-6-16(15)26-19)22-9-3-4-14(11-22)18(24)20-10-13-7-8-13/h1-2,5-6,13-14H,3-4,7-12H2,(H,20,24). The number of carbonyl (C=O) groups is 2. The lowest BCUT2D eigenvalue weighted by atomic mass is 9.97. The zero-order valence-corrected chi connectivity index (χ0v) is 16.3. The second-order valence-corrected chi connectivity index (χ2v) is 9.36. The number of piperidine rings is 1. The molecule has 1 atom stereocenters. The summed E-state index contributed by atoms with van der Waals surface area (Å²) in [5.74, 6) is 1.24. The van der Waals surface area contributed by atoms with Crippen LogP contribution in [0.15, 0.2) is 28.6 Å². The molecule has 138 valence electrons. The number of carbonyl (C=O) groups excluding carboxylic acids is 2. The number of para-hydroxylation sites is 1. The lowest BCUT2D eigenvalue weighted by molar-refractivity contribution is -0.133. The molecule has 2 fully saturated rings. The number of nitrogens with zero attached hydrogens (tertiary/aromatic N) is 2. The Morgan fingerprint density at radius 2 is 2.12 bits per heavy atom. The zero-order valence-electron chi connectivity index (χ0n) is 14.6. The van der Waals surface area contributed by atoms with E-state index >= 15 is 0 Å². The van der Waals surface area contributed by atoms with Gasteiger partial charge in [-0.3, -0.25) is 9.59 Å². The van der Waals surface area contributed by atoms with Crippen LogP contribution in [0.3, 0.4) is 0 Å². The van der Waals surface area contributed by atoms with Gasteiger partial charge in [0.2, 0.25) is 11.8 Å². The minimum absolute atomic E-state index is 0.0566. The van der Waals surface area contributed by atoms with E-state index in [1.54, 1.807) is 11.3 Å². The maximum Gasteiger partial charge on any atom is 0.233 e. The van der Waals surface area contributed by atoms with E-state index in [9.17, 15) is 9.59 Å². The monoisotopic (exact) mass is 389 g/mol. The smallest absolute Gasteiger partial charge is 0.233 e. The highest BCUT2D eigenvalue weighted by molar-refractivity contribution is 8.01. The van der Waals surface area contributed by atoms with Gasteiger partial charge in [0.1, 0.15) is 0 Å². The summed E-state index contributed by atoms with van der Waals surface area (Å²) >= 11 is 3.12. The Morgan fingerprint density at radius 3 is 2.92 bits per heavy atom. The van der Waals surface area contributed by atoms with Crippen molar-refractivity contribution in [3.63, 3.8) is 0 Å². The summed E-state index contributed by atoms with van der Waals surface area (Å²) in [6.45, 7) is 2.11. The highest BCUT2D eigenvalue weighted by atomic mass is 32.2. The first-order valence-corrected chi connectivity index (χ1v) is 11.0. The van der Waals surface area contributed by atoms with Crippen LogP contribution in [0.4, 0.5) is 0 Å². The Kier molecular flexibility index (Phi) is 5.45. The number of hydrogen-bond donors (Lipinski definition) is 1. The van der Waals surface area contributed by atoms with Gasteiger partial charge < -0.3 is 10.2 Å². The molecule has 0 radical (unpaired) electrons. The van der Waals surface area contributed by atoms with Crippen molar-refractivity contribution in [2.75, 3.05) is 25.4 Å². The number of thiazole rings is 1. The number of thioether (sulfide) groups is 1. The van der Waals surface area contributed by atoms with Gasteiger partial charge in [-0.2, -0.15) is 0 Å². The maximum atomic E-state index is 12.6. The molecule has 2 amide bonds. The highest BCUT2D eigenvalue weighted by Crippen LogP contribution is 2.30. The average Bonchev–Trinajstić information content (AvgIpc) is 3.41. The fraction of sp³-hybridized carbons (Fsp3) is 0.526. The number of nitrogens with one attached hydrogen (secondary N) is 1. The first-order chi connectivity index (χ1) is 12.7. The molecule has 4 rings (SSSR count).